The zero-order chi connectivity index (χ0) is 70.0. The van der Waals surface area contributed by atoms with Gasteiger partial charge in [0.05, 0.1) is 42.8 Å². The van der Waals surface area contributed by atoms with Gasteiger partial charge in [-0.05, 0) is 380 Å². The number of benzene rings is 6. The normalized spacial score (nSPS) is 11.2. The van der Waals surface area contributed by atoms with E-state index in [1.54, 1.807) is 43.2 Å². The first-order valence-electron chi connectivity index (χ1n) is 25.2. The maximum atomic E-state index is 11.4. The summed E-state index contributed by atoms with van der Waals surface area (Å²) in [5, 5.41) is 71.6. The van der Waals surface area contributed by atoms with E-state index >= 15 is 0 Å². The molecule has 38 heteroatoms. The number of amides is 1. The second kappa shape index (κ2) is 44.7. The second-order valence-electron chi connectivity index (χ2n) is 17.9. The molecule has 92 heavy (non-hydrogen) atoms. The molecule has 6 aromatic carbocycles. The molecule has 0 aliphatic rings. The van der Waals surface area contributed by atoms with E-state index in [4.69, 9.17) is 25.1 Å². The van der Waals surface area contributed by atoms with E-state index in [2.05, 4.69) is 206 Å². The van der Waals surface area contributed by atoms with Crippen LogP contribution in [0, 0.1) is 42.8 Å². The predicted octanol–water partition coefficient (Wildman–Crippen LogP) is 13.3. The Kier molecular flexibility index (Phi) is 42.7. The number of rotatable bonds is 22. The van der Waals surface area contributed by atoms with E-state index in [-0.39, 0.29) is 48.9 Å². The van der Waals surface area contributed by atoms with Crippen molar-refractivity contribution in [3.63, 3.8) is 0 Å². The number of ether oxygens (including phenoxy) is 4. The van der Waals surface area contributed by atoms with Gasteiger partial charge in [0.15, 0.2) is 17.2 Å². The number of esters is 2. The minimum Gasteiger partial charge on any atom is -0.506 e. The van der Waals surface area contributed by atoms with E-state index in [0.29, 0.717) is 63.1 Å². The molecule has 0 aliphatic heterocycles. The Morgan fingerprint density at radius 3 is 1.02 bits per heavy atom. The van der Waals surface area contributed by atoms with Crippen LogP contribution in [-0.4, -0.2) is 118 Å². The number of halogens is 12. The number of aliphatic carboxylic acids is 3. The zero-order valence-electron chi connectivity index (χ0n) is 47.8. The molecule has 3 atom stereocenters. The summed E-state index contributed by atoms with van der Waals surface area (Å²) < 4.78 is 40.7. The van der Waals surface area contributed by atoms with Crippen LogP contribution in [0.4, 0.5) is 0 Å². The maximum Gasteiger partial charge on any atom is 0.320 e. The number of phenolic OH excluding ortho intramolecular Hbond substituents is 3. The Balaban J connectivity index is 0.000000425. The predicted molar refractivity (Wildman–Crippen MR) is 444 cm³/mol. The van der Waals surface area contributed by atoms with Crippen molar-refractivity contribution in [3.8, 4) is 51.7 Å². The van der Waals surface area contributed by atoms with E-state index < -0.39 is 55.0 Å². The van der Waals surface area contributed by atoms with Gasteiger partial charge in [0.25, 0.3) is 0 Å². The number of carbonyl (C=O) groups excluding carboxylic acids is 3. The van der Waals surface area contributed by atoms with E-state index in [1.165, 1.54) is 35.1 Å². The number of carbonyl (C=O) groups is 6. The maximum absolute atomic E-state index is 11.4. The molecule has 0 spiro atoms. The van der Waals surface area contributed by atoms with Crippen LogP contribution in [0.5, 0.6) is 51.7 Å². The van der Waals surface area contributed by atoms with Gasteiger partial charge < -0.3 is 70.9 Å². The summed E-state index contributed by atoms with van der Waals surface area (Å²) in [6, 6.07) is 18.9. The molecular formula is C54H49B3I12N3O20. The van der Waals surface area contributed by atoms with Gasteiger partial charge in [-0.1, -0.05) is 0 Å². The molecule has 0 saturated carbocycles. The third-order valence-corrected chi connectivity index (χ3v) is 20.2. The van der Waals surface area contributed by atoms with Gasteiger partial charge in [-0.2, -0.15) is 0 Å². The van der Waals surface area contributed by atoms with E-state index in [9.17, 15) is 64.0 Å². The van der Waals surface area contributed by atoms with Crippen LogP contribution in [0.1, 0.15) is 37.5 Å². The van der Waals surface area contributed by atoms with Crippen LogP contribution in [0.15, 0.2) is 72.8 Å². The van der Waals surface area contributed by atoms with Gasteiger partial charge in [-0.15, -0.1) is 0 Å². The van der Waals surface area contributed by atoms with Gasteiger partial charge in [-0.25, -0.2) is 4.79 Å². The van der Waals surface area contributed by atoms with Crippen LogP contribution in [0.25, 0.3) is 0 Å². The number of nitrogens with one attached hydrogen (secondary N) is 2. The monoisotopic (exact) mass is 2620 g/mol. The number of carboxylic acids is 3. The standard InChI is InChI=1S/C17H13I4NO5.C16H14BI4NO5.C15H11I4NO4.C4H6O3.C2H5B2O3/c1-7(23)22-14(17(25)26)4-8-2-12(20)16(13(21)3-8)27-9-5-10(18)15(24)11(19)6-9;1-17(26)22-13(16(24)25)4-7-2-11(20)15(12(21)3-7)27-8-5-9(18)14(23)10(19)6-8;16-8-4-7(5-9(17)13(8)21)24-14-10(18)1-6(2-11(14)19)3-12(20)15(22)23;1-3(5)7-4(2)6;1-3-7-6-2-4-5/h2-3,5-6,14,24H,4H2,1H3,(H,22,23)(H,25,26);2-3,5-6,13,22-23,26H,4H2,1H3,(H,24,25);1-2,4-5,12,21H,3,20H2,(H,22,23);1-2H3;2H2,1H3. The smallest absolute Gasteiger partial charge is 0.320 e. The summed E-state index contributed by atoms with van der Waals surface area (Å²) in [7, 11) is 1.05. The molecule has 1 amide bonds. The summed E-state index contributed by atoms with van der Waals surface area (Å²) in [4.78, 5) is 72.9. The minimum atomic E-state index is -1.08. The molecule has 0 heterocycles. The third kappa shape index (κ3) is 32.3. The molecule has 6 rings (SSSR count). The van der Waals surface area contributed by atoms with Crippen molar-refractivity contribution in [2.45, 2.75) is 71.8 Å². The number of nitrogens with two attached hydrogens (primary N) is 1. The number of hydrogen-bond acceptors (Lipinski definition) is 19. The molecule has 23 nitrogen and oxygen atoms in total. The average Bonchev–Trinajstić information content (AvgIpc) is 0.879. The first kappa shape index (κ1) is 87.8. The minimum absolute atomic E-state index is 0.00958. The van der Waals surface area contributed by atoms with Crippen LogP contribution in [0.3, 0.4) is 0 Å². The molecule has 0 bridgehead atoms. The van der Waals surface area contributed by atoms with Crippen LogP contribution in [0.2, 0.25) is 13.6 Å². The van der Waals surface area contributed by atoms with Crippen molar-refractivity contribution < 1.29 is 97.8 Å². The summed E-state index contributed by atoms with van der Waals surface area (Å²) in [6.45, 7) is 6.79. The number of carboxylic acid groups (broad SMARTS) is 3. The van der Waals surface area contributed by atoms with Gasteiger partial charge in [0.1, 0.15) is 52.6 Å². The van der Waals surface area contributed by atoms with Gasteiger partial charge in [-0.3, -0.25) is 24.0 Å². The summed E-state index contributed by atoms with van der Waals surface area (Å²) in [5.74, 6) is -0.0586. The van der Waals surface area contributed by atoms with Crippen molar-refractivity contribution in [2.24, 2.45) is 5.73 Å². The van der Waals surface area contributed by atoms with Gasteiger partial charge >= 0.3 is 79.3 Å². The topological polar surface area (TPSA) is 367 Å². The Hall–Kier alpha value is -0.305. The molecule has 493 valence electrons. The van der Waals surface area contributed by atoms with E-state index in [0.717, 1.165) is 38.1 Å². The summed E-state index contributed by atoms with van der Waals surface area (Å²) in [6.07, 6.45) is 0.675. The van der Waals surface area contributed by atoms with Gasteiger partial charge in [0.2, 0.25) is 5.91 Å². The zero-order valence-corrected chi connectivity index (χ0v) is 73.7. The molecular weight excluding hydrogens is 2570 g/mol. The Bertz CT molecular complexity index is 3470. The molecule has 0 fully saturated rings. The molecule has 0 aliphatic carbocycles. The fourth-order valence-corrected chi connectivity index (χ4v) is 18.2. The van der Waals surface area contributed by atoms with Crippen molar-refractivity contribution in [2.75, 3.05) is 6.51 Å². The number of aromatic hydroxyl groups is 3. The van der Waals surface area contributed by atoms with E-state index in [1.807, 2.05) is 127 Å². The average molecular weight is 2620 g/mol. The second-order valence-corrected chi connectivity index (χ2v) is 31.9. The third-order valence-electron chi connectivity index (χ3n) is 10.5. The van der Waals surface area contributed by atoms with Crippen molar-refractivity contribution in [3.05, 3.63) is 132 Å². The van der Waals surface area contributed by atoms with Crippen LogP contribution in [-0.2, 0) is 67.2 Å². The summed E-state index contributed by atoms with van der Waals surface area (Å²) in [5.41, 5.74) is 8.05. The molecule has 6 aromatic rings. The first-order valence-corrected chi connectivity index (χ1v) is 38.2. The fraction of sp³-hybridized carbons (Fsp3) is 0.222. The Labute approximate surface area is 693 Å². The Morgan fingerprint density at radius 1 is 0.500 bits per heavy atom. The molecule has 1 radical (unpaired) electrons. The van der Waals surface area contributed by atoms with Gasteiger partial charge in [0, 0.05) is 27.2 Å². The van der Waals surface area contributed by atoms with Crippen molar-refractivity contribution >= 4 is 329 Å². The quantitative estimate of drug-likeness (QED) is 0.00574. The number of phenols is 3. The fourth-order valence-electron chi connectivity index (χ4n) is 6.74. The first-order chi connectivity index (χ1) is 42.9. The van der Waals surface area contributed by atoms with Crippen LogP contribution < -0.4 is 30.5 Å². The molecule has 3 unspecified atom stereocenters. The largest absolute Gasteiger partial charge is 0.506 e. The Morgan fingerprint density at radius 2 is 0.793 bits per heavy atom. The SMILES string of the molecule is CB(O)NC(Cc1cc(I)c(Oc2cc(I)c(O)c(I)c2)c(I)c1)C(=O)O.CC(=O)NC(Cc1cc(I)c(Oc2cc(I)c(O)c(I)c2)c(I)c1)C(=O)O.CC(=O)OC(C)=O.C[B]OOCB=O.NC(Cc1cc(I)c(Oc2cc(I)c(O)c(I)c2)c(I)c1)C(=O)O. The number of hydrogen-bond donors (Lipinski definition) is 10. The molecule has 0 aromatic heterocycles. The summed E-state index contributed by atoms with van der Waals surface area (Å²) >= 11 is 25.2. The van der Waals surface area contributed by atoms with Crippen molar-refractivity contribution in [1.29, 1.82) is 0 Å². The molecule has 0 saturated heterocycles. The van der Waals surface area contributed by atoms with Crippen LogP contribution >= 0.6 is 271 Å². The molecule has 11 N–H and O–H groups in total. The van der Waals surface area contributed by atoms with Crippen molar-refractivity contribution in [1.82, 2.24) is 10.5 Å².